The second-order valence-corrected chi connectivity index (χ2v) is 11.8. The third-order valence-corrected chi connectivity index (χ3v) is 7.99. The van der Waals surface area contributed by atoms with Gasteiger partial charge in [-0.05, 0) is 80.0 Å². The first-order chi connectivity index (χ1) is 20.0. The van der Waals surface area contributed by atoms with Crippen molar-refractivity contribution in [1.82, 2.24) is 15.5 Å². The van der Waals surface area contributed by atoms with E-state index in [0.29, 0.717) is 25.8 Å². The maximum absolute atomic E-state index is 13.6. The van der Waals surface area contributed by atoms with Crippen LogP contribution in [0.15, 0.2) is 48.5 Å². The number of Topliss-reactive ketones (excluding diaryl/α,β-unsaturated/α-hetero) is 1. The first-order valence-electron chi connectivity index (χ1n) is 14.8. The number of fused-ring (bicyclic) bond motifs is 1. The summed E-state index contributed by atoms with van der Waals surface area (Å²) in [5, 5.41) is 5.93. The van der Waals surface area contributed by atoms with Crippen molar-refractivity contribution < 1.29 is 32.3 Å². The number of hydrogen-bond donors (Lipinski definition) is 2. The van der Waals surface area contributed by atoms with Crippen LogP contribution in [0.5, 0.6) is 5.75 Å². The van der Waals surface area contributed by atoms with Crippen LogP contribution in [0.1, 0.15) is 73.9 Å². The van der Waals surface area contributed by atoms with E-state index in [0.717, 1.165) is 44.4 Å². The number of ketones is 1. The molecule has 1 aliphatic heterocycles. The smallest absolute Gasteiger partial charge is 0.406 e. The standard InChI is InChI=1S/C32H40F3N3O4/c1-21(2)18-28(29(39)20-38-17-7-10-22-8-3-4-9-24(22)19-38)37-31(41)26-11-5-6-12-27(26)36-30(40)23-13-15-25(16-14-23)42-32(33,34)35/h3-4,8-9,13-16,21,26-28H,5-7,10-12,17-20H2,1-2H3,(H,36,40)(H,37,41)/t26-,27+,28+/m1/s1. The van der Waals surface area contributed by atoms with Gasteiger partial charge in [0.2, 0.25) is 5.91 Å². The predicted octanol–water partition coefficient (Wildman–Crippen LogP) is 5.42. The van der Waals surface area contributed by atoms with Gasteiger partial charge in [-0.1, -0.05) is 51.0 Å². The summed E-state index contributed by atoms with van der Waals surface area (Å²) in [6, 6.07) is 11.9. The lowest BCUT2D eigenvalue weighted by molar-refractivity contribution is -0.274. The zero-order valence-electron chi connectivity index (χ0n) is 24.2. The number of alkyl halides is 3. The van der Waals surface area contributed by atoms with Crippen molar-refractivity contribution in [1.29, 1.82) is 0 Å². The zero-order chi connectivity index (χ0) is 30.3. The number of carbonyl (C=O) groups is 3. The Bertz CT molecular complexity index is 1230. The van der Waals surface area contributed by atoms with Gasteiger partial charge in [-0.2, -0.15) is 0 Å². The Hall–Kier alpha value is -3.40. The first kappa shape index (κ1) is 31.5. The van der Waals surface area contributed by atoms with E-state index in [1.54, 1.807) is 0 Å². The summed E-state index contributed by atoms with van der Waals surface area (Å²) in [6.07, 6.45) is 0.461. The van der Waals surface area contributed by atoms with Crippen molar-refractivity contribution in [3.63, 3.8) is 0 Å². The van der Waals surface area contributed by atoms with Crippen LogP contribution in [0.25, 0.3) is 0 Å². The molecule has 1 fully saturated rings. The maximum Gasteiger partial charge on any atom is 0.573 e. The van der Waals surface area contributed by atoms with E-state index in [-0.39, 0.29) is 29.7 Å². The van der Waals surface area contributed by atoms with Crippen LogP contribution < -0.4 is 15.4 Å². The molecule has 0 saturated heterocycles. The van der Waals surface area contributed by atoms with Gasteiger partial charge in [-0.3, -0.25) is 19.3 Å². The maximum atomic E-state index is 13.6. The van der Waals surface area contributed by atoms with E-state index in [1.165, 1.54) is 23.3 Å². The van der Waals surface area contributed by atoms with Crippen molar-refractivity contribution in [2.75, 3.05) is 13.1 Å². The van der Waals surface area contributed by atoms with Crippen LogP contribution in [-0.2, 0) is 22.6 Å². The van der Waals surface area contributed by atoms with Gasteiger partial charge in [0, 0.05) is 18.2 Å². The monoisotopic (exact) mass is 587 g/mol. The van der Waals surface area contributed by atoms with E-state index < -0.39 is 36.0 Å². The molecular formula is C32H40F3N3O4. The molecule has 2 N–H and O–H groups in total. The lowest BCUT2D eigenvalue weighted by Crippen LogP contribution is -2.53. The second kappa shape index (κ2) is 14.2. The largest absolute Gasteiger partial charge is 0.573 e. The summed E-state index contributed by atoms with van der Waals surface area (Å²) in [5.74, 6) is -1.49. The number of rotatable bonds is 10. The van der Waals surface area contributed by atoms with E-state index in [9.17, 15) is 27.6 Å². The Morgan fingerprint density at radius 2 is 1.67 bits per heavy atom. The fourth-order valence-electron chi connectivity index (χ4n) is 5.93. The van der Waals surface area contributed by atoms with Gasteiger partial charge in [-0.15, -0.1) is 13.2 Å². The van der Waals surface area contributed by atoms with Crippen LogP contribution in [0.2, 0.25) is 0 Å². The number of carbonyl (C=O) groups excluding carboxylic acids is 3. The molecular weight excluding hydrogens is 547 g/mol. The molecule has 0 spiro atoms. The summed E-state index contributed by atoms with van der Waals surface area (Å²) >= 11 is 0. The molecule has 2 amide bonds. The average molecular weight is 588 g/mol. The SMILES string of the molecule is CC(C)C[C@H](NC(=O)[C@@H]1CCCC[C@@H]1NC(=O)c1ccc(OC(F)(F)F)cc1)C(=O)CN1CCCc2ccccc2C1. The number of amides is 2. The lowest BCUT2D eigenvalue weighted by Gasteiger charge is -2.33. The quantitative estimate of drug-likeness (QED) is 0.388. The molecule has 0 aromatic heterocycles. The summed E-state index contributed by atoms with van der Waals surface area (Å²) in [5.41, 5.74) is 2.71. The van der Waals surface area contributed by atoms with Crippen molar-refractivity contribution in [3.05, 3.63) is 65.2 Å². The van der Waals surface area contributed by atoms with Crippen LogP contribution in [-0.4, -0.2) is 54.0 Å². The number of aryl methyl sites for hydroxylation is 1. The summed E-state index contributed by atoms with van der Waals surface area (Å²) < 4.78 is 41.3. The molecule has 0 radical (unpaired) electrons. The molecule has 42 heavy (non-hydrogen) atoms. The van der Waals surface area contributed by atoms with Crippen molar-refractivity contribution in [2.24, 2.45) is 11.8 Å². The number of halogens is 3. The minimum atomic E-state index is -4.82. The number of benzene rings is 2. The van der Waals surface area contributed by atoms with Crippen LogP contribution in [0, 0.1) is 11.8 Å². The molecule has 1 aliphatic carbocycles. The van der Waals surface area contributed by atoms with Gasteiger partial charge < -0.3 is 15.4 Å². The van der Waals surface area contributed by atoms with Gasteiger partial charge in [0.25, 0.3) is 5.91 Å². The molecule has 7 nitrogen and oxygen atoms in total. The summed E-state index contributed by atoms with van der Waals surface area (Å²) in [4.78, 5) is 42.2. The fraction of sp³-hybridized carbons (Fsp3) is 0.531. The molecule has 2 aromatic rings. The molecule has 4 rings (SSSR count). The van der Waals surface area contributed by atoms with Crippen molar-refractivity contribution in [3.8, 4) is 5.75 Å². The molecule has 1 saturated carbocycles. The van der Waals surface area contributed by atoms with Crippen molar-refractivity contribution >= 4 is 17.6 Å². The van der Waals surface area contributed by atoms with Gasteiger partial charge in [0.15, 0.2) is 5.78 Å². The van der Waals surface area contributed by atoms with Gasteiger partial charge >= 0.3 is 6.36 Å². The van der Waals surface area contributed by atoms with E-state index in [2.05, 4.69) is 32.4 Å². The normalized spacial score (nSPS) is 20.2. The lowest BCUT2D eigenvalue weighted by atomic mass is 9.83. The van der Waals surface area contributed by atoms with Crippen LogP contribution in [0.3, 0.4) is 0 Å². The second-order valence-electron chi connectivity index (χ2n) is 11.8. The van der Waals surface area contributed by atoms with Crippen molar-refractivity contribution in [2.45, 2.75) is 83.8 Å². The zero-order valence-corrected chi connectivity index (χ0v) is 24.2. The van der Waals surface area contributed by atoms with Gasteiger partial charge in [-0.25, -0.2) is 0 Å². The minimum Gasteiger partial charge on any atom is -0.406 e. The van der Waals surface area contributed by atoms with Crippen LogP contribution in [0.4, 0.5) is 13.2 Å². The predicted molar refractivity (Wildman–Crippen MR) is 153 cm³/mol. The molecule has 1 heterocycles. The third-order valence-electron chi connectivity index (χ3n) is 7.99. The van der Waals surface area contributed by atoms with Gasteiger partial charge in [0.1, 0.15) is 5.75 Å². The molecule has 3 atom stereocenters. The fourth-order valence-corrected chi connectivity index (χ4v) is 5.93. The molecule has 228 valence electrons. The highest BCUT2D eigenvalue weighted by atomic mass is 19.4. The highest BCUT2D eigenvalue weighted by Gasteiger charge is 2.35. The number of ether oxygens (including phenoxy) is 1. The molecule has 2 aliphatic rings. The number of nitrogens with one attached hydrogen (secondary N) is 2. The Balaban J connectivity index is 1.39. The Kier molecular flexibility index (Phi) is 10.6. The minimum absolute atomic E-state index is 0.0195. The van der Waals surface area contributed by atoms with Crippen LogP contribution >= 0.6 is 0 Å². The Morgan fingerprint density at radius 1 is 0.976 bits per heavy atom. The number of hydrogen-bond acceptors (Lipinski definition) is 5. The van der Waals surface area contributed by atoms with E-state index in [1.807, 2.05) is 26.0 Å². The molecule has 0 bridgehead atoms. The highest BCUT2D eigenvalue weighted by Crippen LogP contribution is 2.27. The van der Waals surface area contributed by atoms with E-state index >= 15 is 0 Å². The Labute approximate surface area is 245 Å². The molecule has 10 heteroatoms. The molecule has 2 aromatic carbocycles. The first-order valence-corrected chi connectivity index (χ1v) is 14.8. The van der Waals surface area contributed by atoms with E-state index in [4.69, 9.17) is 0 Å². The summed E-state index contributed by atoms with van der Waals surface area (Å²) in [7, 11) is 0. The van der Waals surface area contributed by atoms with Gasteiger partial charge in [0.05, 0.1) is 18.5 Å². The molecule has 0 unspecified atom stereocenters. The summed E-state index contributed by atoms with van der Waals surface area (Å²) in [6.45, 7) is 5.80. The average Bonchev–Trinajstić information content (AvgIpc) is 3.14. The Morgan fingerprint density at radius 3 is 2.36 bits per heavy atom. The number of nitrogens with zero attached hydrogens (tertiary/aromatic N) is 1. The topological polar surface area (TPSA) is 87.7 Å². The third kappa shape index (κ3) is 9.05. The highest BCUT2D eigenvalue weighted by molar-refractivity contribution is 5.95.